The Morgan fingerprint density at radius 1 is 1.25 bits per heavy atom. The number of piperidine rings is 1. The van der Waals surface area contributed by atoms with Crippen LogP contribution in [0.15, 0.2) is 22.8 Å². The molecule has 1 N–H and O–H groups in total. The molecule has 0 unspecified atom stereocenters. The minimum Gasteiger partial charge on any atom is -0.344 e. The van der Waals surface area contributed by atoms with E-state index >= 15 is 0 Å². The van der Waals surface area contributed by atoms with Gasteiger partial charge in [-0.05, 0) is 66.5 Å². The van der Waals surface area contributed by atoms with E-state index in [1.165, 1.54) is 5.56 Å². The number of aryl methyl sites for hydroxylation is 1. The van der Waals surface area contributed by atoms with Crippen LogP contribution < -0.4 is 5.32 Å². The Labute approximate surface area is 128 Å². The van der Waals surface area contributed by atoms with Crippen LogP contribution in [0.5, 0.6) is 0 Å². The summed E-state index contributed by atoms with van der Waals surface area (Å²) in [4.78, 5) is 0. The summed E-state index contributed by atoms with van der Waals surface area (Å²) >= 11 is 3.26. The van der Waals surface area contributed by atoms with Crippen LogP contribution in [-0.4, -0.2) is 17.7 Å². The van der Waals surface area contributed by atoms with E-state index < -0.39 is 0 Å². The summed E-state index contributed by atoms with van der Waals surface area (Å²) < 4.78 is 16.5. The van der Waals surface area contributed by atoms with Gasteiger partial charge in [0.25, 0.3) is 0 Å². The van der Waals surface area contributed by atoms with Crippen molar-refractivity contribution >= 4 is 26.8 Å². The van der Waals surface area contributed by atoms with Gasteiger partial charge in [0.15, 0.2) is 0 Å². The molecule has 3 rings (SSSR count). The average Bonchev–Trinajstić information content (AvgIpc) is 2.80. The minimum absolute atomic E-state index is 0.184. The monoisotopic (exact) mass is 340 g/mol. The Kier molecular flexibility index (Phi) is 5.22. The van der Waals surface area contributed by atoms with Crippen LogP contribution in [-0.2, 0) is 0 Å². The van der Waals surface area contributed by atoms with Crippen molar-refractivity contribution in [1.29, 1.82) is 0 Å². The van der Waals surface area contributed by atoms with E-state index in [0.717, 1.165) is 36.8 Å². The lowest BCUT2D eigenvalue weighted by Crippen LogP contribution is -2.29. The fourth-order valence-electron chi connectivity index (χ4n) is 2.80. The highest BCUT2D eigenvalue weighted by molar-refractivity contribution is 9.10. The Balaban J connectivity index is 0.000000704. The van der Waals surface area contributed by atoms with Gasteiger partial charge in [0, 0.05) is 17.6 Å². The quantitative estimate of drug-likeness (QED) is 0.788. The molecule has 0 aliphatic carbocycles. The number of hydrogen-bond acceptors (Lipinski definition) is 1. The first-order chi connectivity index (χ1) is 9.66. The van der Waals surface area contributed by atoms with Crippen molar-refractivity contribution in [2.75, 3.05) is 13.1 Å². The molecule has 1 aliphatic heterocycles. The third kappa shape index (κ3) is 2.91. The van der Waals surface area contributed by atoms with Gasteiger partial charge < -0.3 is 9.88 Å². The largest absolute Gasteiger partial charge is 0.344 e. The van der Waals surface area contributed by atoms with Crippen LogP contribution in [0.1, 0.15) is 38.3 Å². The molecule has 1 saturated heterocycles. The number of halogens is 2. The van der Waals surface area contributed by atoms with Crippen LogP contribution in [0.3, 0.4) is 0 Å². The minimum atomic E-state index is -0.184. The van der Waals surface area contributed by atoms with Crippen LogP contribution in [0.2, 0.25) is 0 Å². The van der Waals surface area contributed by atoms with Crippen molar-refractivity contribution in [3.8, 4) is 0 Å². The van der Waals surface area contributed by atoms with E-state index in [4.69, 9.17) is 0 Å². The number of fused-ring (bicyclic) bond motifs is 1. The van der Waals surface area contributed by atoms with Gasteiger partial charge in [-0.3, -0.25) is 0 Å². The molecule has 1 aliphatic rings. The number of rotatable bonds is 1. The van der Waals surface area contributed by atoms with E-state index in [1.54, 1.807) is 6.07 Å². The fourth-order valence-corrected chi connectivity index (χ4v) is 3.14. The first-order valence-electron chi connectivity index (χ1n) is 7.33. The molecule has 4 heteroatoms. The van der Waals surface area contributed by atoms with Crippen LogP contribution in [0.25, 0.3) is 10.9 Å². The maximum Gasteiger partial charge on any atom is 0.139 e. The molecule has 2 nitrogen and oxygen atoms in total. The van der Waals surface area contributed by atoms with E-state index in [1.807, 2.05) is 19.9 Å². The molecule has 0 spiro atoms. The van der Waals surface area contributed by atoms with Crippen LogP contribution in [0, 0.1) is 12.7 Å². The lowest BCUT2D eigenvalue weighted by Gasteiger charge is -2.25. The lowest BCUT2D eigenvalue weighted by atomic mass is 10.1. The molecular formula is C16H22BrFN2. The standard InChI is InChI=1S/C14H16BrFN2.C2H6/c1-9-8-18(10-2-4-17-5-3-10)14-7-13(16)12(15)6-11(9)14;1-2/h6-8,10,17H,2-5H2,1H3;1-2H3. The molecule has 20 heavy (non-hydrogen) atoms. The number of benzene rings is 1. The Hall–Kier alpha value is -0.870. The van der Waals surface area contributed by atoms with Gasteiger partial charge in [-0.25, -0.2) is 4.39 Å². The zero-order valence-electron chi connectivity index (χ0n) is 12.3. The van der Waals surface area contributed by atoms with Crippen molar-refractivity contribution in [2.45, 2.75) is 39.7 Å². The number of nitrogens with zero attached hydrogens (tertiary/aromatic N) is 1. The molecule has 110 valence electrons. The van der Waals surface area contributed by atoms with Gasteiger partial charge in [0.1, 0.15) is 5.82 Å². The second kappa shape index (κ2) is 6.72. The number of hydrogen-bond donors (Lipinski definition) is 1. The first-order valence-corrected chi connectivity index (χ1v) is 8.13. The highest BCUT2D eigenvalue weighted by Crippen LogP contribution is 2.31. The van der Waals surface area contributed by atoms with Gasteiger partial charge in [0.2, 0.25) is 0 Å². The summed E-state index contributed by atoms with van der Waals surface area (Å²) in [6.07, 6.45) is 4.38. The Morgan fingerprint density at radius 2 is 1.90 bits per heavy atom. The normalized spacial score (nSPS) is 16.1. The summed E-state index contributed by atoms with van der Waals surface area (Å²) in [6.45, 7) is 8.18. The van der Waals surface area contributed by atoms with Gasteiger partial charge in [-0.1, -0.05) is 13.8 Å². The predicted molar refractivity (Wildman–Crippen MR) is 86.8 cm³/mol. The molecule has 2 aromatic rings. The summed E-state index contributed by atoms with van der Waals surface area (Å²) in [7, 11) is 0. The average molecular weight is 341 g/mol. The molecule has 0 amide bonds. The molecule has 0 radical (unpaired) electrons. The highest BCUT2D eigenvalue weighted by Gasteiger charge is 2.18. The predicted octanol–water partition coefficient (Wildman–Crippen LogP) is 4.80. The fraction of sp³-hybridized carbons (Fsp3) is 0.500. The Bertz CT molecular complexity index is 586. The van der Waals surface area contributed by atoms with Crippen molar-refractivity contribution in [2.24, 2.45) is 0 Å². The Morgan fingerprint density at radius 3 is 2.55 bits per heavy atom. The first kappa shape index (κ1) is 15.5. The summed E-state index contributed by atoms with van der Waals surface area (Å²) in [5, 5.41) is 4.51. The molecule has 0 bridgehead atoms. The second-order valence-corrected chi connectivity index (χ2v) is 5.84. The smallest absolute Gasteiger partial charge is 0.139 e. The molecule has 1 aromatic heterocycles. The molecule has 0 saturated carbocycles. The second-order valence-electron chi connectivity index (χ2n) is 4.98. The topological polar surface area (TPSA) is 17.0 Å². The molecular weight excluding hydrogens is 319 g/mol. The van der Waals surface area contributed by atoms with Gasteiger partial charge >= 0.3 is 0 Å². The summed E-state index contributed by atoms with van der Waals surface area (Å²) in [5.41, 5.74) is 2.23. The van der Waals surface area contributed by atoms with Crippen LogP contribution in [0.4, 0.5) is 4.39 Å². The van der Waals surface area contributed by atoms with Crippen LogP contribution >= 0.6 is 15.9 Å². The van der Waals surface area contributed by atoms with E-state index in [0.29, 0.717) is 10.5 Å². The summed E-state index contributed by atoms with van der Waals surface area (Å²) in [5.74, 6) is -0.184. The maximum atomic E-state index is 13.7. The zero-order valence-corrected chi connectivity index (χ0v) is 13.9. The van der Waals surface area contributed by atoms with Gasteiger partial charge in [-0.2, -0.15) is 0 Å². The molecule has 1 fully saturated rings. The van der Waals surface area contributed by atoms with E-state index in [2.05, 4.69) is 38.9 Å². The van der Waals surface area contributed by atoms with Crippen molar-refractivity contribution < 1.29 is 4.39 Å². The van der Waals surface area contributed by atoms with Crippen molar-refractivity contribution in [3.05, 3.63) is 34.2 Å². The van der Waals surface area contributed by atoms with Crippen molar-refractivity contribution in [3.63, 3.8) is 0 Å². The van der Waals surface area contributed by atoms with E-state index in [9.17, 15) is 4.39 Å². The third-order valence-electron chi connectivity index (χ3n) is 3.78. The third-order valence-corrected chi connectivity index (χ3v) is 4.38. The number of nitrogens with one attached hydrogen (secondary N) is 1. The summed E-state index contributed by atoms with van der Waals surface area (Å²) in [6, 6.07) is 4.02. The van der Waals surface area contributed by atoms with E-state index in [-0.39, 0.29) is 5.82 Å². The SMILES string of the molecule is CC.Cc1cn(C2CCNCC2)c2cc(F)c(Br)cc12. The highest BCUT2D eigenvalue weighted by atomic mass is 79.9. The van der Waals surface area contributed by atoms with Gasteiger partial charge in [0.05, 0.1) is 9.99 Å². The molecule has 0 atom stereocenters. The zero-order chi connectivity index (χ0) is 14.7. The number of aromatic nitrogens is 1. The van der Waals surface area contributed by atoms with Gasteiger partial charge in [-0.15, -0.1) is 0 Å². The van der Waals surface area contributed by atoms with Crippen molar-refractivity contribution in [1.82, 2.24) is 9.88 Å². The lowest BCUT2D eigenvalue weighted by molar-refractivity contribution is 0.375. The molecule has 2 heterocycles. The maximum absolute atomic E-state index is 13.7. The molecule has 1 aromatic carbocycles.